The van der Waals surface area contributed by atoms with Gasteiger partial charge in [0.05, 0.1) is 22.9 Å². The summed E-state index contributed by atoms with van der Waals surface area (Å²) in [4.78, 5) is 11.8. The molecule has 4 nitrogen and oxygen atoms in total. The molecule has 0 fully saturated rings. The third kappa shape index (κ3) is 4.06. The van der Waals surface area contributed by atoms with Gasteiger partial charge in [-0.3, -0.25) is 4.79 Å². The van der Waals surface area contributed by atoms with E-state index in [1.807, 2.05) is 6.07 Å². The number of benzene rings is 2. The highest BCUT2D eigenvalue weighted by Crippen LogP contribution is 2.19. The minimum atomic E-state index is -0.374. The minimum Gasteiger partial charge on any atom is -0.267 e. The van der Waals surface area contributed by atoms with Gasteiger partial charge in [0.2, 0.25) is 0 Å². The van der Waals surface area contributed by atoms with E-state index in [-0.39, 0.29) is 5.91 Å². The number of carbonyl (C=O) groups excluding carboxylic acids is 1. The largest absolute Gasteiger partial charge is 0.271 e. The summed E-state index contributed by atoms with van der Waals surface area (Å²) in [5.41, 5.74) is 3.92. The van der Waals surface area contributed by atoms with Crippen molar-refractivity contribution in [1.82, 2.24) is 5.43 Å². The molecule has 0 aromatic heterocycles. The van der Waals surface area contributed by atoms with Crippen molar-refractivity contribution in [3.05, 3.63) is 69.2 Å². The molecule has 0 atom stereocenters. The molecular weight excluding hydrogens is 309 g/mol. The van der Waals surface area contributed by atoms with Gasteiger partial charge >= 0.3 is 0 Å². The Bertz CT molecular complexity index is 734. The molecule has 1 amide bonds. The zero-order valence-electron chi connectivity index (χ0n) is 10.7. The van der Waals surface area contributed by atoms with E-state index in [9.17, 15) is 4.79 Å². The number of nitrogens with one attached hydrogen (secondary N) is 1. The molecule has 0 radical (unpaired) electrons. The fourth-order valence-electron chi connectivity index (χ4n) is 1.53. The van der Waals surface area contributed by atoms with Gasteiger partial charge in [-0.15, -0.1) is 0 Å². The van der Waals surface area contributed by atoms with E-state index in [4.69, 9.17) is 28.5 Å². The number of nitrogens with zero attached hydrogens (tertiary/aromatic N) is 2. The second kappa shape index (κ2) is 6.89. The van der Waals surface area contributed by atoms with Crippen molar-refractivity contribution in [2.75, 3.05) is 0 Å². The fraction of sp³-hybridized carbons (Fsp3) is 0. The molecule has 6 heteroatoms. The van der Waals surface area contributed by atoms with Gasteiger partial charge < -0.3 is 0 Å². The lowest BCUT2D eigenvalue weighted by Crippen LogP contribution is -2.17. The average molecular weight is 318 g/mol. The number of rotatable bonds is 3. The Kier molecular flexibility index (Phi) is 4.94. The number of hydrogen-bond acceptors (Lipinski definition) is 3. The quantitative estimate of drug-likeness (QED) is 0.694. The second-order valence-corrected chi connectivity index (χ2v) is 4.90. The van der Waals surface area contributed by atoms with Crippen molar-refractivity contribution in [3.63, 3.8) is 0 Å². The van der Waals surface area contributed by atoms with Gasteiger partial charge in [0, 0.05) is 16.1 Å². The number of amides is 1. The third-order valence-electron chi connectivity index (χ3n) is 2.61. The Hall–Kier alpha value is -2.35. The lowest BCUT2D eigenvalue weighted by Gasteiger charge is -2.01. The summed E-state index contributed by atoms with van der Waals surface area (Å²) in [6, 6.07) is 13.2. The van der Waals surface area contributed by atoms with Crippen LogP contribution in [0.25, 0.3) is 0 Å². The summed E-state index contributed by atoms with van der Waals surface area (Å²) in [5, 5.41) is 13.5. The fourth-order valence-corrected chi connectivity index (χ4v) is 1.98. The summed E-state index contributed by atoms with van der Waals surface area (Å²) in [6.45, 7) is 0. The average Bonchev–Trinajstić information content (AvgIpc) is 2.49. The molecule has 0 aliphatic carbocycles. The first kappa shape index (κ1) is 15.0. The van der Waals surface area contributed by atoms with Gasteiger partial charge in [0.1, 0.15) is 0 Å². The van der Waals surface area contributed by atoms with Gasteiger partial charge in [-0.2, -0.15) is 10.4 Å². The minimum absolute atomic E-state index is 0.374. The Morgan fingerprint density at radius 3 is 2.52 bits per heavy atom. The topological polar surface area (TPSA) is 65.2 Å². The maximum Gasteiger partial charge on any atom is 0.271 e. The van der Waals surface area contributed by atoms with Gasteiger partial charge in [-0.25, -0.2) is 5.43 Å². The van der Waals surface area contributed by atoms with Crippen molar-refractivity contribution >= 4 is 35.3 Å². The molecule has 2 rings (SSSR count). The Balaban J connectivity index is 2.03. The molecule has 0 saturated carbocycles. The van der Waals surface area contributed by atoms with Crippen LogP contribution in [0.2, 0.25) is 10.0 Å². The smallest absolute Gasteiger partial charge is 0.267 e. The number of hydrogen-bond donors (Lipinski definition) is 1. The van der Waals surface area contributed by atoms with Crippen LogP contribution < -0.4 is 5.43 Å². The summed E-state index contributed by atoms with van der Waals surface area (Å²) in [7, 11) is 0. The third-order valence-corrected chi connectivity index (χ3v) is 3.17. The van der Waals surface area contributed by atoms with Crippen molar-refractivity contribution in [2.45, 2.75) is 0 Å². The summed E-state index contributed by atoms with van der Waals surface area (Å²) in [5.74, 6) is -0.374. The predicted molar refractivity (Wildman–Crippen MR) is 82.7 cm³/mol. The van der Waals surface area contributed by atoms with E-state index in [1.165, 1.54) is 6.21 Å². The van der Waals surface area contributed by atoms with Crippen molar-refractivity contribution in [1.29, 1.82) is 5.26 Å². The number of nitriles is 1. The Morgan fingerprint density at radius 2 is 1.90 bits per heavy atom. The first-order valence-corrected chi connectivity index (χ1v) is 6.64. The van der Waals surface area contributed by atoms with E-state index < -0.39 is 0 Å². The highest BCUT2D eigenvalue weighted by molar-refractivity contribution is 6.36. The van der Waals surface area contributed by atoms with Crippen LogP contribution in [0.4, 0.5) is 0 Å². The molecule has 2 aromatic carbocycles. The molecule has 0 aliphatic heterocycles. The van der Waals surface area contributed by atoms with Gasteiger partial charge in [-0.05, 0) is 36.4 Å². The molecule has 104 valence electrons. The molecule has 0 saturated heterocycles. The van der Waals surface area contributed by atoms with E-state index >= 15 is 0 Å². The first-order valence-electron chi connectivity index (χ1n) is 5.89. The van der Waals surface area contributed by atoms with Crippen LogP contribution in [0.3, 0.4) is 0 Å². The number of halogens is 2. The monoisotopic (exact) mass is 317 g/mol. The summed E-state index contributed by atoms with van der Waals surface area (Å²) in [6.07, 6.45) is 1.43. The van der Waals surface area contributed by atoms with Crippen LogP contribution in [-0.2, 0) is 0 Å². The lowest BCUT2D eigenvalue weighted by molar-refractivity contribution is 0.0955. The second-order valence-electron chi connectivity index (χ2n) is 4.05. The van der Waals surface area contributed by atoms with Crippen LogP contribution in [0.1, 0.15) is 21.5 Å². The van der Waals surface area contributed by atoms with Crippen molar-refractivity contribution < 1.29 is 4.79 Å². The highest BCUT2D eigenvalue weighted by atomic mass is 35.5. The Morgan fingerprint density at radius 1 is 1.19 bits per heavy atom. The maximum atomic E-state index is 11.8. The van der Waals surface area contributed by atoms with E-state index in [0.29, 0.717) is 26.7 Å². The van der Waals surface area contributed by atoms with E-state index in [1.54, 1.807) is 42.5 Å². The Labute approximate surface area is 131 Å². The molecule has 1 N–H and O–H groups in total. The SMILES string of the molecule is N#Cc1ccc(C(=O)N/N=C\c2ccc(Cl)cc2Cl)cc1. The molecule has 0 bridgehead atoms. The summed E-state index contributed by atoms with van der Waals surface area (Å²) >= 11 is 11.8. The molecule has 2 aromatic rings. The van der Waals surface area contributed by atoms with Gasteiger partial charge in [0.15, 0.2) is 0 Å². The van der Waals surface area contributed by atoms with E-state index in [2.05, 4.69) is 10.5 Å². The number of hydrazone groups is 1. The zero-order chi connectivity index (χ0) is 15.2. The number of carbonyl (C=O) groups is 1. The normalized spacial score (nSPS) is 10.3. The first-order chi connectivity index (χ1) is 10.1. The van der Waals surface area contributed by atoms with Crippen LogP contribution in [0.5, 0.6) is 0 Å². The van der Waals surface area contributed by atoms with Crippen LogP contribution in [0, 0.1) is 11.3 Å². The van der Waals surface area contributed by atoms with Gasteiger partial charge in [0.25, 0.3) is 5.91 Å². The van der Waals surface area contributed by atoms with Crippen molar-refractivity contribution in [3.8, 4) is 6.07 Å². The molecular formula is C15H9Cl2N3O. The molecule has 21 heavy (non-hydrogen) atoms. The predicted octanol–water partition coefficient (Wildman–Crippen LogP) is 3.63. The van der Waals surface area contributed by atoms with Crippen LogP contribution >= 0.6 is 23.2 Å². The molecule has 0 aliphatic rings. The summed E-state index contributed by atoms with van der Waals surface area (Å²) < 4.78 is 0. The lowest BCUT2D eigenvalue weighted by atomic mass is 10.1. The van der Waals surface area contributed by atoms with Crippen LogP contribution in [-0.4, -0.2) is 12.1 Å². The molecule has 0 spiro atoms. The highest BCUT2D eigenvalue weighted by Gasteiger charge is 2.04. The van der Waals surface area contributed by atoms with E-state index in [0.717, 1.165) is 0 Å². The zero-order valence-corrected chi connectivity index (χ0v) is 12.2. The van der Waals surface area contributed by atoms with Crippen LogP contribution in [0.15, 0.2) is 47.6 Å². The standard InChI is InChI=1S/C15H9Cl2N3O/c16-13-6-5-12(14(17)7-13)9-19-20-15(21)11-3-1-10(8-18)2-4-11/h1-7,9H,(H,20,21)/b19-9-. The van der Waals surface area contributed by atoms with Gasteiger partial charge in [-0.1, -0.05) is 29.3 Å². The molecule has 0 unspecified atom stereocenters. The van der Waals surface area contributed by atoms with Crippen molar-refractivity contribution in [2.24, 2.45) is 5.10 Å². The molecule has 0 heterocycles. The maximum absolute atomic E-state index is 11.8.